The van der Waals surface area contributed by atoms with Gasteiger partial charge < -0.3 is 30.7 Å². The summed E-state index contributed by atoms with van der Waals surface area (Å²) in [6.07, 6.45) is -0.150. The minimum absolute atomic E-state index is 0.0494. The van der Waals surface area contributed by atoms with Crippen LogP contribution in [-0.4, -0.2) is 53.0 Å². The molecule has 0 fully saturated rings. The number of rotatable bonds is 12. The van der Waals surface area contributed by atoms with Crippen LogP contribution in [0.15, 0.2) is 42.5 Å². The fraction of sp³-hybridized carbons (Fsp3) is 0.350. The number of ether oxygens (including phenoxy) is 2. The predicted molar refractivity (Wildman–Crippen MR) is 110 cm³/mol. The van der Waals surface area contributed by atoms with Crippen molar-refractivity contribution in [2.45, 2.75) is 25.5 Å². The highest BCUT2D eigenvalue weighted by Crippen LogP contribution is 2.30. The van der Waals surface area contributed by atoms with Gasteiger partial charge in [0.15, 0.2) is 12.3 Å². The van der Waals surface area contributed by atoms with Gasteiger partial charge in [0.25, 0.3) is 5.69 Å². The van der Waals surface area contributed by atoms with E-state index >= 15 is 0 Å². The molecule has 30 heavy (non-hydrogen) atoms. The van der Waals surface area contributed by atoms with Gasteiger partial charge >= 0.3 is 5.97 Å². The summed E-state index contributed by atoms with van der Waals surface area (Å²) in [7, 11) is 0. The van der Waals surface area contributed by atoms with Crippen molar-refractivity contribution in [1.82, 2.24) is 5.32 Å². The average molecular weight is 419 g/mol. The molecule has 10 heteroatoms. The second kappa shape index (κ2) is 11.0. The minimum atomic E-state index is -1.03. The zero-order valence-corrected chi connectivity index (χ0v) is 16.5. The number of hydrogen-bond donors (Lipinski definition) is 4. The number of anilines is 1. The molecule has 0 radical (unpaired) electrons. The Hall–Kier alpha value is -3.37. The van der Waals surface area contributed by atoms with Crippen molar-refractivity contribution in [2.24, 2.45) is 0 Å². The first-order chi connectivity index (χ1) is 14.3. The summed E-state index contributed by atoms with van der Waals surface area (Å²) in [5.74, 6) is -0.399. The molecule has 0 saturated heterocycles. The minimum Gasteiger partial charge on any atom is -0.488 e. The summed E-state index contributed by atoms with van der Waals surface area (Å²) in [4.78, 5) is 20.8. The maximum Gasteiger partial charge on any atom is 0.341 e. The second-order valence-corrected chi connectivity index (χ2v) is 6.75. The Morgan fingerprint density at radius 2 is 1.93 bits per heavy atom. The molecule has 0 saturated carbocycles. The van der Waals surface area contributed by atoms with Crippen molar-refractivity contribution in [3.8, 4) is 11.5 Å². The van der Waals surface area contributed by atoms with Gasteiger partial charge in [-0.25, -0.2) is 4.79 Å². The largest absolute Gasteiger partial charge is 0.488 e. The van der Waals surface area contributed by atoms with Crippen LogP contribution in [0.4, 0.5) is 11.4 Å². The molecule has 2 aromatic carbocycles. The maximum atomic E-state index is 10.9. The van der Waals surface area contributed by atoms with Crippen LogP contribution in [0.1, 0.15) is 12.5 Å². The summed E-state index contributed by atoms with van der Waals surface area (Å²) >= 11 is 0. The van der Waals surface area contributed by atoms with E-state index in [1.165, 1.54) is 18.2 Å². The Kier molecular flexibility index (Phi) is 8.39. The van der Waals surface area contributed by atoms with Gasteiger partial charge in [0.05, 0.1) is 4.92 Å². The summed E-state index contributed by atoms with van der Waals surface area (Å²) in [5.41, 5.74) is 6.42. The molecule has 2 atom stereocenters. The standard InChI is InChI=1S/C20H25N3O7/c1-13(9-14-5-7-16(8-6-14)29-12-19(25)26)22-10-15(24)11-30-18-4-2-3-17(20(18)21)23(27)28/h2-8,13,15,22,24H,9-12,21H2,1H3,(H,25,26). The van der Waals surface area contributed by atoms with Crippen molar-refractivity contribution in [3.63, 3.8) is 0 Å². The number of para-hydroxylation sites is 1. The maximum absolute atomic E-state index is 10.9. The number of carboxylic acid groups (broad SMARTS) is 1. The molecule has 0 amide bonds. The number of carboxylic acids is 1. The first-order valence-corrected chi connectivity index (χ1v) is 9.27. The van der Waals surface area contributed by atoms with E-state index in [4.69, 9.17) is 20.3 Å². The van der Waals surface area contributed by atoms with Crippen LogP contribution in [0.25, 0.3) is 0 Å². The Morgan fingerprint density at radius 1 is 1.23 bits per heavy atom. The highest BCUT2D eigenvalue weighted by Gasteiger charge is 2.16. The van der Waals surface area contributed by atoms with Gasteiger partial charge in [-0.1, -0.05) is 18.2 Å². The van der Waals surface area contributed by atoms with E-state index in [1.807, 2.05) is 19.1 Å². The average Bonchev–Trinajstić information content (AvgIpc) is 2.70. The summed E-state index contributed by atoms with van der Waals surface area (Å²) in [6.45, 7) is 1.76. The quantitative estimate of drug-likeness (QED) is 0.228. The fourth-order valence-corrected chi connectivity index (χ4v) is 2.69. The van der Waals surface area contributed by atoms with Gasteiger partial charge in [0, 0.05) is 18.7 Å². The molecular formula is C20H25N3O7. The van der Waals surface area contributed by atoms with E-state index in [0.717, 1.165) is 5.56 Å². The Morgan fingerprint density at radius 3 is 2.57 bits per heavy atom. The monoisotopic (exact) mass is 419 g/mol. The number of nitrogens with one attached hydrogen (secondary N) is 1. The molecule has 0 aliphatic rings. The molecule has 5 N–H and O–H groups in total. The molecule has 162 valence electrons. The van der Waals surface area contributed by atoms with Crippen molar-refractivity contribution in [3.05, 3.63) is 58.1 Å². The lowest BCUT2D eigenvalue weighted by Gasteiger charge is -2.18. The van der Waals surface area contributed by atoms with Gasteiger partial charge in [0.2, 0.25) is 0 Å². The number of hydrogen-bond acceptors (Lipinski definition) is 8. The summed E-state index contributed by atoms with van der Waals surface area (Å²) in [5, 5.41) is 32.8. The molecule has 0 aliphatic heterocycles. The molecule has 2 unspecified atom stereocenters. The molecule has 0 aromatic heterocycles. The van der Waals surface area contributed by atoms with Crippen LogP contribution in [0.5, 0.6) is 11.5 Å². The van der Waals surface area contributed by atoms with Crippen LogP contribution in [-0.2, 0) is 11.2 Å². The molecule has 2 aromatic rings. The van der Waals surface area contributed by atoms with Gasteiger partial charge in [-0.3, -0.25) is 10.1 Å². The highest BCUT2D eigenvalue weighted by molar-refractivity contribution is 5.68. The van der Waals surface area contributed by atoms with Crippen molar-refractivity contribution in [1.29, 1.82) is 0 Å². The third-order valence-corrected chi connectivity index (χ3v) is 4.20. The summed E-state index contributed by atoms with van der Waals surface area (Å²) in [6, 6.07) is 11.4. The van der Waals surface area contributed by atoms with Crippen molar-refractivity contribution >= 4 is 17.3 Å². The molecule has 0 heterocycles. The Labute approximate surface area is 173 Å². The first kappa shape index (κ1) is 22.9. The third kappa shape index (κ3) is 7.22. The number of aliphatic hydroxyl groups is 1. The molecule has 2 rings (SSSR count). The van der Waals surface area contributed by atoms with Crippen molar-refractivity contribution < 1.29 is 29.4 Å². The predicted octanol–water partition coefficient (Wildman–Crippen LogP) is 1.60. The smallest absolute Gasteiger partial charge is 0.341 e. The van der Waals surface area contributed by atoms with E-state index < -0.39 is 17.0 Å². The van der Waals surface area contributed by atoms with Gasteiger partial charge in [0.1, 0.15) is 24.2 Å². The van der Waals surface area contributed by atoms with Gasteiger partial charge in [-0.15, -0.1) is 0 Å². The van der Waals surface area contributed by atoms with E-state index in [-0.39, 0.29) is 42.9 Å². The number of carbonyl (C=O) groups is 1. The SMILES string of the molecule is CC(Cc1ccc(OCC(=O)O)cc1)NCC(O)COc1cccc([N+](=O)[O-])c1N. The van der Waals surface area contributed by atoms with Crippen molar-refractivity contribution in [2.75, 3.05) is 25.5 Å². The topological polar surface area (TPSA) is 157 Å². The van der Waals surface area contributed by atoms with E-state index in [0.29, 0.717) is 12.2 Å². The van der Waals surface area contributed by atoms with Crippen LogP contribution in [0.2, 0.25) is 0 Å². The number of nitrogen functional groups attached to an aromatic ring is 1. The van der Waals surface area contributed by atoms with Gasteiger partial charge in [-0.2, -0.15) is 0 Å². The molecule has 0 bridgehead atoms. The van der Waals surface area contributed by atoms with Crippen LogP contribution in [0, 0.1) is 10.1 Å². The number of nitrogens with zero attached hydrogens (tertiary/aromatic N) is 1. The van der Waals surface area contributed by atoms with Crippen LogP contribution < -0.4 is 20.5 Å². The van der Waals surface area contributed by atoms with Gasteiger partial charge in [-0.05, 0) is 37.1 Å². The number of aliphatic carboxylic acids is 1. The zero-order chi connectivity index (χ0) is 22.1. The number of nitro groups is 1. The van der Waals surface area contributed by atoms with E-state index in [2.05, 4.69) is 5.32 Å². The lowest BCUT2D eigenvalue weighted by Crippen LogP contribution is -2.37. The second-order valence-electron chi connectivity index (χ2n) is 6.75. The molecular weight excluding hydrogens is 394 g/mol. The first-order valence-electron chi connectivity index (χ1n) is 9.27. The fourth-order valence-electron chi connectivity index (χ4n) is 2.69. The molecule has 0 aliphatic carbocycles. The number of nitrogens with two attached hydrogens (primary N) is 1. The number of nitro benzene ring substituents is 1. The number of benzene rings is 2. The van der Waals surface area contributed by atoms with E-state index in [1.54, 1.807) is 12.1 Å². The Balaban J connectivity index is 1.75. The highest BCUT2D eigenvalue weighted by atomic mass is 16.6. The van der Waals surface area contributed by atoms with E-state index in [9.17, 15) is 20.0 Å². The molecule has 10 nitrogen and oxygen atoms in total. The number of aliphatic hydroxyl groups excluding tert-OH is 1. The summed E-state index contributed by atoms with van der Waals surface area (Å²) < 4.78 is 10.5. The van der Waals surface area contributed by atoms with Crippen LogP contribution in [0.3, 0.4) is 0 Å². The lowest BCUT2D eigenvalue weighted by atomic mass is 10.1. The van der Waals surface area contributed by atoms with Crippen LogP contribution >= 0.6 is 0 Å². The normalized spacial score (nSPS) is 12.7. The third-order valence-electron chi connectivity index (χ3n) is 4.20. The lowest BCUT2D eigenvalue weighted by molar-refractivity contribution is -0.384. The zero-order valence-electron chi connectivity index (χ0n) is 16.5. The molecule has 0 spiro atoms. The Bertz CT molecular complexity index is 858.